The van der Waals surface area contributed by atoms with Crippen LogP contribution < -0.4 is 10.1 Å². The summed E-state index contributed by atoms with van der Waals surface area (Å²) in [6.07, 6.45) is 5.16. The maximum atomic E-state index is 14.0. The number of nitrogens with zero attached hydrogens (tertiary/aromatic N) is 2. The van der Waals surface area contributed by atoms with Crippen LogP contribution in [0, 0.1) is 6.92 Å². The molecule has 0 spiro atoms. The number of carbonyl (C=O) groups excluding carboxylic acids is 1. The van der Waals surface area contributed by atoms with Gasteiger partial charge in [0, 0.05) is 34.6 Å². The van der Waals surface area contributed by atoms with E-state index < -0.39 is 0 Å². The van der Waals surface area contributed by atoms with Crippen molar-refractivity contribution in [1.29, 1.82) is 0 Å². The summed E-state index contributed by atoms with van der Waals surface area (Å²) in [6, 6.07) is 23.9. The van der Waals surface area contributed by atoms with Crippen molar-refractivity contribution in [1.82, 2.24) is 8.97 Å². The molecule has 1 amide bonds. The Labute approximate surface area is 227 Å². The minimum atomic E-state index is -0.129. The summed E-state index contributed by atoms with van der Waals surface area (Å²) in [5.41, 5.74) is 9.04. The first-order chi connectivity index (χ1) is 18.5. The summed E-state index contributed by atoms with van der Waals surface area (Å²) in [6.45, 7) is 5.56. The quantitative estimate of drug-likeness (QED) is 0.245. The number of ether oxygens (including phenoxy) is 1. The normalized spacial score (nSPS) is 12.9. The Morgan fingerprint density at radius 2 is 1.66 bits per heavy atom. The molecule has 0 radical (unpaired) electrons. The van der Waals surface area contributed by atoms with Crippen LogP contribution in [0.15, 0.2) is 79.0 Å². The van der Waals surface area contributed by atoms with Crippen LogP contribution in [0.2, 0.25) is 5.02 Å². The highest BCUT2D eigenvalue weighted by atomic mass is 35.5. The fraction of sp³-hybridized carbons (Fsp3) is 0.219. The van der Waals surface area contributed by atoms with Gasteiger partial charge in [-0.2, -0.15) is 0 Å². The van der Waals surface area contributed by atoms with Crippen LogP contribution in [0.5, 0.6) is 5.75 Å². The zero-order chi connectivity index (χ0) is 26.2. The molecule has 2 aromatic heterocycles. The number of hydrogen-bond donors (Lipinski definition) is 1. The lowest BCUT2D eigenvalue weighted by Gasteiger charge is -2.11. The number of nitrogens with one attached hydrogen (secondary N) is 1. The summed E-state index contributed by atoms with van der Waals surface area (Å²) >= 11 is 6.24. The molecule has 6 rings (SSSR count). The Morgan fingerprint density at radius 1 is 0.947 bits per heavy atom. The Bertz CT molecular complexity index is 1610. The maximum Gasteiger partial charge on any atom is 0.273 e. The lowest BCUT2D eigenvalue weighted by atomic mass is 9.97. The molecule has 6 heteroatoms. The molecule has 5 nitrogen and oxygen atoms in total. The standard InChI is InChI=1S/C32H30ClN3O2/c1-3-38-26-17-11-22(12-18-26)28-20-36-30(31(37)34-25-15-7-21(2)8-16-25)29(23-9-13-24(33)14-10-23)27-6-4-5-19-35(28)32(27)36/h7-18,20H,3-6,19H2,1-2H3,(H,34,37). The van der Waals surface area contributed by atoms with E-state index in [4.69, 9.17) is 16.3 Å². The molecule has 1 aliphatic heterocycles. The number of aryl methyl sites for hydroxylation is 3. The van der Waals surface area contributed by atoms with Crippen molar-refractivity contribution in [3.63, 3.8) is 0 Å². The van der Waals surface area contributed by atoms with Crippen LogP contribution in [0.4, 0.5) is 5.69 Å². The molecule has 192 valence electrons. The van der Waals surface area contributed by atoms with Crippen molar-refractivity contribution >= 4 is 28.8 Å². The van der Waals surface area contributed by atoms with Crippen molar-refractivity contribution in [3.05, 3.63) is 101 Å². The summed E-state index contributed by atoms with van der Waals surface area (Å²) in [4.78, 5) is 14.0. The zero-order valence-electron chi connectivity index (χ0n) is 21.6. The van der Waals surface area contributed by atoms with E-state index in [1.165, 1.54) is 5.56 Å². The van der Waals surface area contributed by atoms with Crippen molar-refractivity contribution < 1.29 is 9.53 Å². The number of imidazole rings is 1. The van der Waals surface area contributed by atoms with Crippen molar-refractivity contribution in [2.24, 2.45) is 0 Å². The monoisotopic (exact) mass is 523 g/mol. The van der Waals surface area contributed by atoms with Gasteiger partial charge in [-0.1, -0.05) is 41.4 Å². The molecule has 0 atom stereocenters. The van der Waals surface area contributed by atoms with Gasteiger partial charge in [-0.15, -0.1) is 0 Å². The van der Waals surface area contributed by atoms with Crippen LogP contribution in [0.25, 0.3) is 28.0 Å². The highest BCUT2D eigenvalue weighted by molar-refractivity contribution is 6.30. The molecular weight excluding hydrogens is 494 g/mol. The third kappa shape index (κ3) is 4.37. The number of aromatic nitrogens is 2. The van der Waals surface area contributed by atoms with Gasteiger partial charge in [0.15, 0.2) is 0 Å². The first kappa shape index (κ1) is 24.4. The van der Waals surface area contributed by atoms with Crippen LogP contribution in [0.1, 0.15) is 41.4 Å². The lowest BCUT2D eigenvalue weighted by Crippen LogP contribution is -2.15. The van der Waals surface area contributed by atoms with Gasteiger partial charge in [0.1, 0.15) is 17.1 Å². The second-order valence-electron chi connectivity index (χ2n) is 9.80. The Hall–Kier alpha value is -3.96. The number of carbonyl (C=O) groups is 1. The van der Waals surface area contributed by atoms with E-state index in [0.717, 1.165) is 70.8 Å². The van der Waals surface area contributed by atoms with Crippen molar-refractivity contribution in [2.75, 3.05) is 11.9 Å². The molecular formula is C32H30ClN3O2. The highest BCUT2D eigenvalue weighted by Gasteiger charge is 2.29. The second kappa shape index (κ2) is 10.1. The van der Waals surface area contributed by atoms with Crippen LogP contribution >= 0.6 is 11.6 Å². The van der Waals surface area contributed by atoms with Crippen molar-refractivity contribution in [3.8, 4) is 28.1 Å². The molecule has 0 aliphatic carbocycles. The second-order valence-corrected chi connectivity index (χ2v) is 10.2. The van der Waals surface area contributed by atoms with E-state index in [1.54, 1.807) is 0 Å². The summed E-state index contributed by atoms with van der Waals surface area (Å²) in [5, 5.41) is 3.83. The van der Waals surface area contributed by atoms with Gasteiger partial charge in [0.25, 0.3) is 5.91 Å². The van der Waals surface area contributed by atoms with Gasteiger partial charge in [0.2, 0.25) is 0 Å². The van der Waals surface area contributed by atoms with Gasteiger partial charge in [-0.05, 0) is 92.8 Å². The summed E-state index contributed by atoms with van der Waals surface area (Å²) in [7, 11) is 0. The molecule has 5 aromatic rings. The average Bonchev–Trinajstić information content (AvgIpc) is 3.34. The Kier molecular flexibility index (Phi) is 6.46. The van der Waals surface area contributed by atoms with E-state index in [9.17, 15) is 4.79 Å². The van der Waals surface area contributed by atoms with Crippen LogP contribution in [-0.2, 0) is 13.0 Å². The molecule has 1 N–H and O–H groups in total. The number of amides is 1. The van der Waals surface area contributed by atoms with Crippen molar-refractivity contribution in [2.45, 2.75) is 39.7 Å². The summed E-state index contributed by atoms with van der Waals surface area (Å²) in [5.74, 6) is 0.727. The average molecular weight is 524 g/mol. The Morgan fingerprint density at radius 3 is 2.37 bits per heavy atom. The smallest absolute Gasteiger partial charge is 0.273 e. The van der Waals surface area contributed by atoms with Gasteiger partial charge in [-0.3, -0.25) is 9.20 Å². The third-order valence-corrected chi connectivity index (χ3v) is 7.50. The molecule has 1 aliphatic rings. The molecule has 3 heterocycles. The van der Waals surface area contributed by atoms with E-state index in [1.807, 2.05) is 74.5 Å². The number of halogens is 1. The molecule has 0 saturated heterocycles. The topological polar surface area (TPSA) is 47.7 Å². The van der Waals surface area contributed by atoms with E-state index in [0.29, 0.717) is 17.3 Å². The lowest BCUT2D eigenvalue weighted by molar-refractivity contribution is 0.102. The SMILES string of the molecule is CCOc1ccc(-c2cn3c(C(=O)Nc4ccc(C)cc4)c(-c4ccc(Cl)cc4)c4c3n2CCCC4)cc1. The van der Waals surface area contributed by atoms with Gasteiger partial charge < -0.3 is 14.6 Å². The van der Waals surface area contributed by atoms with E-state index >= 15 is 0 Å². The third-order valence-electron chi connectivity index (χ3n) is 7.25. The molecule has 0 bridgehead atoms. The molecule has 0 saturated carbocycles. The predicted octanol–water partition coefficient (Wildman–Crippen LogP) is 8.02. The van der Waals surface area contributed by atoms with Gasteiger partial charge in [0.05, 0.1) is 12.3 Å². The number of rotatable bonds is 6. The predicted molar refractivity (Wildman–Crippen MR) is 155 cm³/mol. The molecule has 3 aromatic carbocycles. The zero-order valence-corrected chi connectivity index (χ0v) is 22.4. The fourth-order valence-corrected chi connectivity index (χ4v) is 5.61. The number of hydrogen-bond acceptors (Lipinski definition) is 2. The molecule has 0 fully saturated rings. The van der Waals surface area contributed by atoms with E-state index in [-0.39, 0.29) is 5.91 Å². The molecule has 0 unspecified atom stereocenters. The maximum absolute atomic E-state index is 14.0. The van der Waals surface area contributed by atoms with Crippen LogP contribution in [-0.4, -0.2) is 21.5 Å². The first-order valence-electron chi connectivity index (χ1n) is 13.2. The Balaban J connectivity index is 1.56. The van der Waals surface area contributed by atoms with Gasteiger partial charge >= 0.3 is 0 Å². The minimum Gasteiger partial charge on any atom is -0.494 e. The summed E-state index contributed by atoms with van der Waals surface area (Å²) < 4.78 is 10.1. The highest BCUT2D eigenvalue weighted by Crippen LogP contribution is 2.40. The number of anilines is 1. The molecule has 38 heavy (non-hydrogen) atoms. The first-order valence-corrected chi connectivity index (χ1v) is 13.5. The van der Waals surface area contributed by atoms with E-state index in [2.05, 4.69) is 32.6 Å². The van der Waals surface area contributed by atoms with Crippen LogP contribution in [0.3, 0.4) is 0 Å². The van der Waals surface area contributed by atoms with Gasteiger partial charge in [-0.25, -0.2) is 0 Å². The fourth-order valence-electron chi connectivity index (χ4n) is 5.48. The largest absolute Gasteiger partial charge is 0.494 e. The minimum absolute atomic E-state index is 0.129. The number of benzene rings is 3.